The van der Waals surface area contributed by atoms with Gasteiger partial charge in [-0.3, -0.25) is 9.78 Å². The fourth-order valence-electron chi connectivity index (χ4n) is 3.83. The third kappa shape index (κ3) is 5.78. The van der Waals surface area contributed by atoms with E-state index in [-0.39, 0.29) is 29.8 Å². The van der Waals surface area contributed by atoms with E-state index in [4.69, 9.17) is 4.74 Å². The van der Waals surface area contributed by atoms with Crippen molar-refractivity contribution in [3.8, 4) is 5.75 Å². The Bertz CT molecular complexity index is 1210. The van der Waals surface area contributed by atoms with Crippen LogP contribution in [0.4, 0.5) is 4.39 Å². The van der Waals surface area contributed by atoms with E-state index in [1.165, 1.54) is 22.5 Å². The highest BCUT2D eigenvalue weighted by atomic mass is 32.2. The summed E-state index contributed by atoms with van der Waals surface area (Å²) in [5, 5.41) is 2.92. The molecule has 0 aliphatic carbocycles. The van der Waals surface area contributed by atoms with Crippen molar-refractivity contribution in [2.75, 3.05) is 13.1 Å². The van der Waals surface area contributed by atoms with Crippen molar-refractivity contribution >= 4 is 15.9 Å². The molecule has 2 aromatic carbocycles. The summed E-state index contributed by atoms with van der Waals surface area (Å²) < 4.78 is 46.4. The van der Waals surface area contributed by atoms with Crippen molar-refractivity contribution in [3.63, 3.8) is 0 Å². The summed E-state index contributed by atoms with van der Waals surface area (Å²) in [6.45, 7) is 1.10. The zero-order chi connectivity index (χ0) is 24.0. The molecule has 0 radical (unpaired) electrons. The van der Waals surface area contributed by atoms with Gasteiger partial charge in [-0.15, -0.1) is 0 Å². The zero-order valence-electron chi connectivity index (χ0n) is 18.6. The van der Waals surface area contributed by atoms with Gasteiger partial charge in [-0.1, -0.05) is 30.3 Å². The number of hydrogen-bond donors (Lipinski definition) is 1. The molecule has 7 nitrogen and oxygen atoms in total. The first kappa shape index (κ1) is 23.8. The molecule has 4 rings (SSSR count). The summed E-state index contributed by atoms with van der Waals surface area (Å²) in [5.74, 6) is -0.453. The molecule has 1 saturated heterocycles. The van der Waals surface area contributed by atoms with E-state index < -0.39 is 15.8 Å². The van der Waals surface area contributed by atoms with E-state index in [0.29, 0.717) is 31.7 Å². The number of nitrogens with zero attached hydrogens (tertiary/aromatic N) is 2. The predicted octanol–water partition coefficient (Wildman–Crippen LogP) is 3.52. The van der Waals surface area contributed by atoms with Crippen LogP contribution in [0.1, 0.15) is 24.1 Å². The molecular formula is C25H26FN3O4S. The number of amides is 1. The van der Waals surface area contributed by atoms with Gasteiger partial charge in [0.2, 0.25) is 15.9 Å². The van der Waals surface area contributed by atoms with Gasteiger partial charge in [0.1, 0.15) is 23.1 Å². The van der Waals surface area contributed by atoms with Crippen LogP contribution in [0.3, 0.4) is 0 Å². The molecule has 1 aliphatic heterocycles. The Morgan fingerprint density at radius 3 is 2.41 bits per heavy atom. The Morgan fingerprint density at radius 2 is 1.74 bits per heavy atom. The SMILES string of the molecule is O=C(NCc1ccc(OCc2ccccn2)cc1)C1CCN(S(=O)(=O)c2ccccc2F)CC1. The van der Waals surface area contributed by atoms with Gasteiger partial charge in [0.25, 0.3) is 0 Å². The molecule has 34 heavy (non-hydrogen) atoms. The van der Waals surface area contributed by atoms with Gasteiger partial charge in [-0.05, 0) is 54.8 Å². The standard InChI is InChI=1S/C25H26FN3O4S/c26-23-6-1-2-7-24(23)34(31,32)29-15-12-20(13-16-29)25(30)28-17-19-8-10-22(11-9-19)33-18-21-5-3-4-14-27-21/h1-11,14,20H,12-13,15-18H2,(H,28,30). The highest BCUT2D eigenvalue weighted by molar-refractivity contribution is 7.89. The second kappa shape index (κ2) is 10.8. The van der Waals surface area contributed by atoms with Gasteiger partial charge < -0.3 is 10.1 Å². The van der Waals surface area contributed by atoms with Crippen molar-refractivity contribution in [1.29, 1.82) is 0 Å². The van der Waals surface area contributed by atoms with E-state index in [2.05, 4.69) is 10.3 Å². The van der Waals surface area contributed by atoms with E-state index >= 15 is 0 Å². The van der Waals surface area contributed by atoms with Crippen molar-refractivity contribution in [2.45, 2.75) is 30.9 Å². The number of sulfonamides is 1. The molecule has 3 aromatic rings. The van der Waals surface area contributed by atoms with Gasteiger partial charge in [-0.25, -0.2) is 12.8 Å². The highest BCUT2D eigenvalue weighted by Gasteiger charge is 2.33. The molecule has 1 fully saturated rings. The number of piperidine rings is 1. The number of aromatic nitrogens is 1. The third-order valence-electron chi connectivity index (χ3n) is 5.78. The first-order valence-electron chi connectivity index (χ1n) is 11.1. The van der Waals surface area contributed by atoms with Gasteiger partial charge in [-0.2, -0.15) is 4.31 Å². The van der Waals surface area contributed by atoms with Gasteiger partial charge >= 0.3 is 0 Å². The Labute approximate surface area is 198 Å². The summed E-state index contributed by atoms with van der Waals surface area (Å²) in [4.78, 5) is 16.5. The second-order valence-electron chi connectivity index (χ2n) is 8.08. The highest BCUT2D eigenvalue weighted by Crippen LogP contribution is 2.25. The summed E-state index contributed by atoms with van der Waals surface area (Å²) in [6.07, 6.45) is 2.50. The Morgan fingerprint density at radius 1 is 1.03 bits per heavy atom. The van der Waals surface area contributed by atoms with Gasteiger partial charge in [0, 0.05) is 31.7 Å². The summed E-state index contributed by atoms with van der Waals surface area (Å²) in [6, 6.07) is 18.5. The average molecular weight is 484 g/mol. The number of carbonyl (C=O) groups is 1. The molecule has 0 bridgehead atoms. The van der Waals surface area contributed by atoms with Crippen molar-refractivity contribution in [3.05, 3.63) is 90.0 Å². The van der Waals surface area contributed by atoms with E-state index in [1.807, 2.05) is 42.5 Å². The van der Waals surface area contributed by atoms with Crippen molar-refractivity contribution < 1.29 is 22.3 Å². The van der Waals surface area contributed by atoms with Crippen LogP contribution >= 0.6 is 0 Å². The molecule has 9 heteroatoms. The number of halogens is 1. The number of carbonyl (C=O) groups excluding carboxylic acids is 1. The third-order valence-corrected chi connectivity index (χ3v) is 7.71. The maximum absolute atomic E-state index is 14.0. The molecular weight excluding hydrogens is 457 g/mol. The first-order valence-corrected chi connectivity index (χ1v) is 12.5. The fraction of sp³-hybridized carbons (Fsp3) is 0.280. The summed E-state index contributed by atoms with van der Waals surface area (Å²) in [5.41, 5.74) is 1.77. The maximum Gasteiger partial charge on any atom is 0.245 e. The maximum atomic E-state index is 14.0. The fourth-order valence-corrected chi connectivity index (χ4v) is 5.36. The minimum absolute atomic E-state index is 0.113. The second-order valence-corrected chi connectivity index (χ2v) is 9.99. The van der Waals surface area contributed by atoms with Crippen LogP contribution in [-0.2, 0) is 28.0 Å². The molecule has 0 atom stereocenters. The van der Waals surface area contributed by atoms with Crippen LogP contribution in [-0.4, -0.2) is 36.7 Å². The van der Waals surface area contributed by atoms with E-state index in [1.54, 1.807) is 6.20 Å². The molecule has 0 unspecified atom stereocenters. The van der Waals surface area contributed by atoms with Crippen LogP contribution in [0.5, 0.6) is 5.75 Å². The van der Waals surface area contributed by atoms with Crippen molar-refractivity contribution in [2.24, 2.45) is 5.92 Å². The lowest BCUT2D eigenvalue weighted by Gasteiger charge is -2.30. The Balaban J connectivity index is 1.24. The van der Waals surface area contributed by atoms with Crippen LogP contribution in [0, 0.1) is 11.7 Å². The minimum Gasteiger partial charge on any atom is -0.487 e. The lowest BCUT2D eigenvalue weighted by molar-refractivity contribution is -0.126. The average Bonchev–Trinajstić information content (AvgIpc) is 2.87. The van der Waals surface area contributed by atoms with Crippen LogP contribution < -0.4 is 10.1 Å². The number of pyridine rings is 1. The largest absolute Gasteiger partial charge is 0.487 e. The van der Waals surface area contributed by atoms with E-state index in [0.717, 1.165) is 17.3 Å². The summed E-state index contributed by atoms with van der Waals surface area (Å²) >= 11 is 0. The van der Waals surface area contributed by atoms with Gasteiger partial charge in [0.05, 0.1) is 5.69 Å². The first-order chi connectivity index (χ1) is 16.4. The van der Waals surface area contributed by atoms with Crippen LogP contribution in [0.2, 0.25) is 0 Å². The predicted molar refractivity (Wildman–Crippen MR) is 125 cm³/mol. The Kier molecular flexibility index (Phi) is 7.54. The number of ether oxygens (including phenoxy) is 1. The summed E-state index contributed by atoms with van der Waals surface area (Å²) in [7, 11) is -3.91. The lowest BCUT2D eigenvalue weighted by Crippen LogP contribution is -2.43. The molecule has 0 spiro atoms. The van der Waals surface area contributed by atoms with Gasteiger partial charge in [0.15, 0.2) is 0 Å². The normalized spacial score (nSPS) is 15.1. The topological polar surface area (TPSA) is 88.6 Å². The molecule has 1 aliphatic rings. The van der Waals surface area contributed by atoms with Crippen LogP contribution in [0.15, 0.2) is 77.8 Å². The number of nitrogens with one attached hydrogen (secondary N) is 1. The van der Waals surface area contributed by atoms with Crippen molar-refractivity contribution in [1.82, 2.24) is 14.6 Å². The number of hydrogen-bond acceptors (Lipinski definition) is 5. The van der Waals surface area contributed by atoms with E-state index in [9.17, 15) is 17.6 Å². The number of rotatable bonds is 8. The molecule has 2 heterocycles. The smallest absolute Gasteiger partial charge is 0.245 e. The zero-order valence-corrected chi connectivity index (χ0v) is 19.4. The molecule has 0 saturated carbocycles. The van der Waals surface area contributed by atoms with Crippen LogP contribution in [0.25, 0.3) is 0 Å². The molecule has 178 valence electrons. The Hall–Kier alpha value is -3.30. The minimum atomic E-state index is -3.91. The number of benzene rings is 2. The molecule has 1 aromatic heterocycles. The molecule has 1 amide bonds. The molecule has 1 N–H and O–H groups in total. The quantitative estimate of drug-likeness (QED) is 0.530. The lowest BCUT2D eigenvalue weighted by atomic mass is 9.97. The monoisotopic (exact) mass is 483 g/mol.